The number of pyridine rings is 1. The Balaban J connectivity index is 1.55. The van der Waals surface area contributed by atoms with Crippen LogP contribution in [-0.4, -0.2) is 51.8 Å². The van der Waals surface area contributed by atoms with Crippen LogP contribution >= 0.6 is 0 Å². The molecule has 4 rings (SSSR count). The lowest BCUT2D eigenvalue weighted by atomic mass is 10.1. The van der Waals surface area contributed by atoms with Crippen molar-refractivity contribution in [3.05, 3.63) is 64.3 Å². The molecule has 1 saturated heterocycles. The van der Waals surface area contributed by atoms with Crippen molar-refractivity contribution in [2.24, 2.45) is 7.05 Å². The lowest BCUT2D eigenvalue weighted by Gasteiger charge is -2.36. The molecule has 2 aromatic heterocycles. The van der Waals surface area contributed by atoms with Crippen LogP contribution in [-0.2, 0) is 7.05 Å². The van der Waals surface area contributed by atoms with Crippen LogP contribution in [0.5, 0.6) is 0 Å². The maximum absolute atomic E-state index is 13.1. The molecule has 1 aliphatic rings. The summed E-state index contributed by atoms with van der Waals surface area (Å²) in [6.45, 7) is 1.81. The summed E-state index contributed by atoms with van der Waals surface area (Å²) in [5, 5.41) is 5.16. The number of aryl methyl sites for hydroxylation is 1. The van der Waals surface area contributed by atoms with E-state index in [-0.39, 0.29) is 22.7 Å². The minimum absolute atomic E-state index is 0.123. The highest BCUT2D eigenvalue weighted by molar-refractivity contribution is 6.04. The number of amides is 1. The van der Waals surface area contributed by atoms with Crippen molar-refractivity contribution in [3.63, 3.8) is 0 Å². The maximum Gasteiger partial charge on any atom is 0.275 e. The van der Waals surface area contributed by atoms with Gasteiger partial charge in [-0.1, -0.05) is 18.2 Å². The van der Waals surface area contributed by atoms with Crippen LogP contribution in [0, 0.1) is 0 Å². The highest BCUT2D eigenvalue weighted by Crippen LogP contribution is 2.24. The van der Waals surface area contributed by atoms with Gasteiger partial charge in [-0.3, -0.25) is 14.6 Å². The Hall–Kier alpha value is -3.36. The quantitative estimate of drug-likeness (QED) is 0.676. The summed E-state index contributed by atoms with van der Waals surface area (Å²) in [5.41, 5.74) is 0.466. The number of nitrogens with zero attached hydrogens (tertiary/aromatic N) is 5. The van der Waals surface area contributed by atoms with E-state index in [1.54, 1.807) is 35.4 Å². The van der Waals surface area contributed by atoms with E-state index in [1.807, 2.05) is 4.90 Å². The number of aromatic nitrogens is 3. The van der Waals surface area contributed by atoms with Gasteiger partial charge in [0.2, 0.25) is 0 Å². The molecule has 3 heterocycles. The molecule has 1 amide bonds. The molecule has 0 bridgehead atoms. The van der Waals surface area contributed by atoms with Crippen LogP contribution in [0.2, 0.25) is 0 Å². The van der Waals surface area contributed by atoms with Crippen molar-refractivity contribution in [1.29, 1.82) is 0 Å². The summed E-state index contributed by atoms with van der Waals surface area (Å²) >= 11 is 0. The van der Waals surface area contributed by atoms with Gasteiger partial charge >= 0.3 is 0 Å². The fraction of sp³-hybridized carbons (Fsp3) is 0.300. The first-order chi connectivity index (χ1) is 14.0. The zero-order chi connectivity index (χ0) is 20.5. The standard InChI is InChI=1S/C20H19F2N5O2/c1-25-19(28)16-5-3-2-4-15(16)17(24-25)20(29)27-8-6-26(7-9-27)14-10-13(18(21)22)11-23-12-14/h2-5,10-12,18H,6-9H2,1H3. The normalized spacial score (nSPS) is 14.6. The van der Waals surface area contributed by atoms with Gasteiger partial charge in [0.05, 0.1) is 17.3 Å². The minimum Gasteiger partial charge on any atom is -0.367 e. The molecule has 1 aliphatic heterocycles. The summed E-state index contributed by atoms with van der Waals surface area (Å²) < 4.78 is 27.0. The first kappa shape index (κ1) is 19.0. The first-order valence-corrected chi connectivity index (χ1v) is 9.19. The lowest BCUT2D eigenvalue weighted by molar-refractivity contribution is 0.0740. The molecule has 9 heteroatoms. The fourth-order valence-electron chi connectivity index (χ4n) is 3.51. The second kappa shape index (κ2) is 7.57. The van der Waals surface area contributed by atoms with Crippen LogP contribution in [0.4, 0.5) is 14.5 Å². The predicted octanol–water partition coefficient (Wildman–Crippen LogP) is 2.23. The molecular formula is C20H19F2N5O2. The third-order valence-corrected chi connectivity index (χ3v) is 5.09. The minimum atomic E-state index is -2.57. The SMILES string of the molecule is Cn1nc(C(=O)N2CCN(c3cncc(C(F)F)c3)CC2)c2ccccc2c1=O. The highest BCUT2D eigenvalue weighted by atomic mass is 19.3. The summed E-state index contributed by atoms with van der Waals surface area (Å²) in [7, 11) is 1.52. The highest BCUT2D eigenvalue weighted by Gasteiger charge is 2.26. The van der Waals surface area contributed by atoms with Crippen LogP contribution in [0.1, 0.15) is 22.5 Å². The van der Waals surface area contributed by atoms with Crippen molar-refractivity contribution in [1.82, 2.24) is 19.7 Å². The van der Waals surface area contributed by atoms with E-state index in [4.69, 9.17) is 0 Å². The Labute approximate surface area is 165 Å². The van der Waals surface area contributed by atoms with Crippen LogP contribution in [0.25, 0.3) is 10.8 Å². The fourth-order valence-corrected chi connectivity index (χ4v) is 3.51. The molecule has 0 atom stereocenters. The maximum atomic E-state index is 13.1. The molecule has 0 aliphatic carbocycles. The molecule has 0 radical (unpaired) electrons. The Morgan fingerprint density at radius 3 is 2.45 bits per heavy atom. The monoisotopic (exact) mass is 399 g/mol. The molecule has 0 spiro atoms. The molecule has 1 fully saturated rings. The van der Waals surface area contributed by atoms with E-state index >= 15 is 0 Å². The smallest absolute Gasteiger partial charge is 0.275 e. The average molecular weight is 399 g/mol. The Bertz CT molecular complexity index is 1120. The number of alkyl halides is 2. The van der Waals surface area contributed by atoms with Gasteiger partial charge in [0.25, 0.3) is 17.9 Å². The molecule has 0 saturated carbocycles. The number of hydrogen-bond acceptors (Lipinski definition) is 5. The van der Waals surface area contributed by atoms with Crippen molar-refractivity contribution in [2.75, 3.05) is 31.1 Å². The number of rotatable bonds is 3. The number of anilines is 1. The van der Waals surface area contributed by atoms with Gasteiger partial charge in [-0.05, 0) is 12.1 Å². The second-order valence-corrected chi connectivity index (χ2v) is 6.88. The van der Waals surface area contributed by atoms with E-state index in [9.17, 15) is 18.4 Å². The third kappa shape index (κ3) is 3.55. The zero-order valence-electron chi connectivity index (χ0n) is 15.8. The van der Waals surface area contributed by atoms with Gasteiger partial charge in [0, 0.05) is 50.4 Å². The molecule has 29 heavy (non-hydrogen) atoms. The Morgan fingerprint density at radius 1 is 1.07 bits per heavy atom. The number of carbonyl (C=O) groups is 1. The zero-order valence-corrected chi connectivity index (χ0v) is 15.8. The summed E-state index contributed by atoms with van der Waals surface area (Å²) in [6, 6.07) is 8.34. The summed E-state index contributed by atoms with van der Waals surface area (Å²) in [4.78, 5) is 32.8. The van der Waals surface area contributed by atoms with Gasteiger partial charge in [0.15, 0.2) is 5.69 Å². The number of fused-ring (bicyclic) bond motifs is 1. The number of benzene rings is 1. The Morgan fingerprint density at radius 2 is 1.76 bits per heavy atom. The van der Waals surface area contributed by atoms with Gasteiger partial charge in [0.1, 0.15) is 0 Å². The largest absolute Gasteiger partial charge is 0.367 e. The Kier molecular flexibility index (Phi) is 4.96. The molecule has 150 valence electrons. The van der Waals surface area contributed by atoms with Gasteiger partial charge in [-0.2, -0.15) is 5.10 Å². The molecule has 7 nitrogen and oxygen atoms in total. The van der Waals surface area contributed by atoms with Gasteiger partial charge < -0.3 is 9.80 Å². The number of carbonyl (C=O) groups excluding carboxylic acids is 1. The molecule has 3 aromatic rings. The van der Waals surface area contributed by atoms with Crippen molar-refractivity contribution < 1.29 is 13.6 Å². The first-order valence-electron chi connectivity index (χ1n) is 9.19. The van der Waals surface area contributed by atoms with Gasteiger partial charge in [-0.25, -0.2) is 13.5 Å². The molecular weight excluding hydrogens is 380 g/mol. The van der Waals surface area contributed by atoms with Crippen LogP contribution < -0.4 is 10.5 Å². The molecule has 1 aromatic carbocycles. The average Bonchev–Trinajstić information content (AvgIpc) is 2.76. The van der Waals surface area contributed by atoms with Crippen LogP contribution in [0.15, 0.2) is 47.5 Å². The second-order valence-electron chi connectivity index (χ2n) is 6.88. The lowest BCUT2D eigenvalue weighted by Crippen LogP contribution is -2.49. The molecule has 0 unspecified atom stereocenters. The number of halogens is 2. The van der Waals surface area contributed by atoms with Crippen molar-refractivity contribution in [3.8, 4) is 0 Å². The molecule has 0 N–H and O–H groups in total. The van der Waals surface area contributed by atoms with Crippen LogP contribution in [0.3, 0.4) is 0 Å². The summed E-state index contributed by atoms with van der Waals surface area (Å²) in [6.07, 6.45) is 0.130. The topological polar surface area (TPSA) is 71.3 Å². The van der Waals surface area contributed by atoms with E-state index in [0.29, 0.717) is 42.6 Å². The van der Waals surface area contributed by atoms with E-state index < -0.39 is 6.43 Å². The number of piperazine rings is 1. The summed E-state index contributed by atoms with van der Waals surface area (Å²) in [5.74, 6) is -0.254. The van der Waals surface area contributed by atoms with Gasteiger partial charge in [-0.15, -0.1) is 0 Å². The van der Waals surface area contributed by atoms with Crippen molar-refractivity contribution >= 4 is 22.4 Å². The van der Waals surface area contributed by atoms with E-state index in [2.05, 4.69) is 10.1 Å². The van der Waals surface area contributed by atoms with E-state index in [1.165, 1.54) is 17.8 Å². The predicted molar refractivity (Wildman–Crippen MR) is 104 cm³/mol. The third-order valence-electron chi connectivity index (χ3n) is 5.09. The number of hydrogen-bond donors (Lipinski definition) is 0. The van der Waals surface area contributed by atoms with Crippen molar-refractivity contribution in [2.45, 2.75) is 6.43 Å². The van der Waals surface area contributed by atoms with E-state index in [0.717, 1.165) is 6.20 Å².